The molecule has 0 fully saturated rings. The molecule has 0 aliphatic carbocycles. The molecule has 0 atom stereocenters. The minimum atomic E-state index is -0.883. The van der Waals surface area contributed by atoms with Crippen LogP contribution in [0, 0.1) is 0 Å². The SMILES string of the molecule is CCCCC/C=C/C(=O)N(C)CCC(=O)O. The van der Waals surface area contributed by atoms with E-state index < -0.39 is 5.97 Å². The lowest BCUT2D eigenvalue weighted by Gasteiger charge is -2.12. The van der Waals surface area contributed by atoms with Gasteiger partial charge in [-0.15, -0.1) is 0 Å². The van der Waals surface area contributed by atoms with Gasteiger partial charge in [0.25, 0.3) is 0 Å². The predicted molar refractivity (Wildman–Crippen MR) is 63.2 cm³/mol. The van der Waals surface area contributed by atoms with E-state index in [-0.39, 0.29) is 18.9 Å². The zero-order valence-electron chi connectivity index (χ0n) is 10.1. The lowest BCUT2D eigenvalue weighted by atomic mass is 10.2. The summed E-state index contributed by atoms with van der Waals surface area (Å²) in [7, 11) is 1.61. The molecule has 0 spiro atoms. The average Bonchev–Trinajstić information content (AvgIpc) is 2.25. The standard InChI is InChI=1S/C12H21NO3/c1-3-4-5-6-7-8-11(14)13(2)10-9-12(15)16/h7-8H,3-6,9-10H2,1-2H3,(H,15,16)/b8-7+. The van der Waals surface area contributed by atoms with E-state index >= 15 is 0 Å². The van der Waals surface area contributed by atoms with Crippen molar-refractivity contribution in [3.05, 3.63) is 12.2 Å². The van der Waals surface area contributed by atoms with Gasteiger partial charge in [0.05, 0.1) is 6.42 Å². The van der Waals surface area contributed by atoms with E-state index in [9.17, 15) is 9.59 Å². The Morgan fingerprint density at radius 1 is 1.31 bits per heavy atom. The smallest absolute Gasteiger partial charge is 0.305 e. The fraction of sp³-hybridized carbons (Fsp3) is 0.667. The molecule has 1 amide bonds. The Morgan fingerprint density at radius 2 is 2.00 bits per heavy atom. The van der Waals surface area contributed by atoms with Crippen LogP contribution in [0.4, 0.5) is 0 Å². The third kappa shape index (κ3) is 8.03. The first-order valence-electron chi connectivity index (χ1n) is 5.71. The molecule has 4 heteroatoms. The van der Waals surface area contributed by atoms with Crippen LogP contribution >= 0.6 is 0 Å². The Bertz CT molecular complexity index is 249. The summed E-state index contributed by atoms with van der Waals surface area (Å²) in [6.45, 7) is 2.39. The maximum Gasteiger partial charge on any atom is 0.305 e. The van der Waals surface area contributed by atoms with Crippen LogP contribution in [0.15, 0.2) is 12.2 Å². The van der Waals surface area contributed by atoms with E-state index in [0.29, 0.717) is 0 Å². The molecule has 92 valence electrons. The Balaban J connectivity index is 3.73. The number of allylic oxidation sites excluding steroid dienone is 1. The van der Waals surface area contributed by atoms with Gasteiger partial charge in [0.15, 0.2) is 0 Å². The Morgan fingerprint density at radius 3 is 2.56 bits per heavy atom. The van der Waals surface area contributed by atoms with Gasteiger partial charge in [-0.2, -0.15) is 0 Å². The van der Waals surface area contributed by atoms with E-state index in [1.807, 2.05) is 6.08 Å². The maximum absolute atomic E-state index is 11.4. The van der Waals surface area contributed by atoms with Crippen LogP contribution in [-0.2, 0) is 9.59 Å². The van der Waals surface area contributed by atoms with Gasteiger partial charge in [-0.1, -0.05) is 25.8 Å². The largest absolute Gasteiger partial charge is 0.481 e. The fourth-order valence-corrected chi connectivity index (χ4v) is 1.20. The molecule has 1 N–H and O–H groups in total. The van der Waals surface area contributed by atoms with Crippen LogP contribution in [0.2, 0.25) is 0 Å². The summed E-state index contributed by atoms with van der Waals surface area (Å²) in [5.41, 5.74) is 0. The summed E-state index contributed by atoms with van der Waals surface area (Å²) in [4.78, 5) is 23.2. The molecule has 0 bridgehead atoms. The van der Waals surface area contributed by atoms with Gasteiger partial charge in [-0.3, -0.25) is 9.59 Å². The lowest BCUT2D eigenvalue weighted by Crippen LogP contribution is -2.27. The first-order valence-corrected chi connectivity index (χ1v) is 5.71. The van der Waals surface area contributed by atoms with Crippen molar-refractivity contribution >= 4 is 11.9 Å². The van der Waals surface area contributed by atoms with Gasteiger partial charge < -0.3 is 10.0 Å². The van der Waals surface area contributed by atoms with E-state index in [4.69, 9.17) is 5.11 Å². The van der Waals surface area contributed by atoms with Gasteiger partial charge in [-0.05, 0) is 18.9 Å². The number of hydrogen-bond acceptors (Lipinski definition) is 2. The van der Waals surface area contributed by atoms with E-state index in [0.717, 1.165) is 12.8 Å². The highest BCUT2D eigenvalue weighted by molar-refractivity contribution is 5.87. The Labute approximate surface area is 96.9 Å². The predicted octanol–water partition coefficient (Wildman–Crippen LogP) is 2.06. The topological polar surface area (TPSA) is 57.6 Å². The Hall–Kier alpha value is -1.32. The number of aliphatic carboxylic acids is 1. The van der Waals surface area contributed by atoms with Crippen molar-refractivity contribution < 1.29 is 14.7 Å². The molecule has 0 rings (SSSR count). The molecule has 0 heterocycles. The minimum absolute atomic E-state index is 0.00802. The molecule has 0 aliphatic rings. The average molecular weight is 227 g/mol. The van der Waals surface area contributed by atoms with Gasteiger partial charge >= 0.3 is 5.97 Å². The lowest BCUT2D eigenvalue weighted by molar-refractivity contribution is -0.137. The zero-order chi connectivity index (χ0) is 12.4. The monoisotopic (exact) mass is 227 g/mol. The quantitative estimate of drug-likeness (QED) is 0.510. The number of carboxylic acid groups (broad SMARTS) is 1. The van der Waals surface area contributed by atoms with Crippen molar-refractivity contribution in [2.24, 2.45) is 0 Å². The van der Waals surface area contributed by atoms with Crippen molar-refractivity contribution in [1.82, 2.24) is 4.90 Å². The number of nitrogens with zero attached hydrogens (tertiary/aromatic N) is 1. The van der Waals surface area contributed by atoms with E-state index in [1.54, 1.807) is 7.05 Å². The molecule has 0 saturated heterocycles. The minimum Gasteiger partial charge on any atom is -0.481 e. The second-order valence-corrected chi connectivity index (χ2v) is 3.80. The van der Waals surface area contributed by atoms with E-state index in [2.05, 4.69) is 6.92 Å². The zero-order valence-corrected chi connectivity index (χ0v) is 10.1. The number of unbranched alkanes of at least 4 members (excludes halogenated alkanes) is 3. The highest BCUT2D eigenvalue weighted by Gasteiger charge is 2.06. The highest BCUT2D eigenvalue weighted by atomic mass is 16.4. The van der Waals surface area contributed by atoms with Crippen LogP contribution in [0.5, 0.6) is 0 Å². The molecular weight excluding hydrogens is 206 g/mol. The third-order valence-corrected chi connectivity index (χ3v) is 2.27. The van der Waals surface area contributed by atoms with Crippen LogP contribution < -0.4 is 0 Å². The number of rotatable bonds is 8. The van der Waals surface area contributed by atoms with Gasteiger partial charge in [-0.25, -0.2) is 0 Å². The number of amides is 1. The molecule has 0 aromatic carbocycles. The summed E-state index contributed by atoms with van der Waals surface area (Å²) in [6.07, 6.45) is 7.72. The Kier molecular flexibility index (Phi) is 8.21. The maximum atomic E-state index is 11.4. The van der Waals surface area contributed by atoms with Crippen LogP contribution in [0.25, 0.3) is 0 Å². The first kappa shape index (κ1) is 14.7. The molecule has 0 aromatic rings. The highest BCUT2D eigenvalue weighted by Crippen LogP contribution is 2.00. The molecular formula is C12H21NO3. The molecule has 0 aliphatic heterocycles. The summed E-state index contributed by atoms with van der Waals surface area (Å²) in [5, 5.41) is 8.46. The summed E-state index contributed by atoms with van der Waals surface area (Å²) in [6, 6.07) is 0. The molecule has 0 saturated carbocycles. The number of likely N-dealkylation sites (N-methyl/N-ethyl adjacent to an activating group) is 1. The van der Waals surface area contributed by atoms with Gasteiger partial charge in [0.2, 0.25) is 5.91 Å². The number of carbonyl (C=O) groups excluding carboxylic acids is 1. The van der Waals surface area contributed by atoms with Crippen molar-refractivity contribution in [1.29, 1.82) is 0 Å². The van der Waals surface area contributed by atoms with Crippen molar-refractivity contribution in [3.63, 3.8) is 0 Å². The first-order chi connectivity index (χ1) is 7.57. The summed E-state index contributed by atoms with van der Waals surface area (Å²) in [5.74, 6) is -1.01. The van der Waals surface area contributed by atoms with Gasteiger partial charge in [0.1, 0.15) is 0 Å². The summed E-state index contributed by atoms with van der Waals surface area (Å²) >= 11 is 0. The summed E-state index contributed by atoms with van der Waals surface area (Å²) < 4.78 is 0. The normalized spacial score (nSPS) is 10.6. The van der Waals surface area contributed by atoms with Gasteiger partial charge in [0, 0.05) is 13.6 Å². The number of carbonyl (C=O) groups is 2. The van der Waals surface area contributed by atoms with Crippen LogP contribution in [-0.4, -0.2) is 35.5 Å². The number of carboxylic acids is 1. The molecule has 0 unspecified atom stereocenters. The molecule has 16 heavy (non-hydrogen) atoms. The van der Waals surface area contributed by atoms with Crippen molar-refractivity contribution in [2.75, 3.05) is 13.6 Å². The molecule has 4 nitrogen and oxygen atoms in total. The molecule has 0 radical (unpaired) electrons. The van der Waals surface area contributed by atoms with E-state index in [1.165, 1.54) is 23.8 Å². The third-order valence-electron chi connectivity index (χ3n) is 2.27. The second-order valence-electron chi connectivity index (χ2n) is 3.80. The van der Waals surface area contributed by atoms with Crippen molar-refractivity contribution in [2.45, 2.75) is 39.0 Å². The van der Waals surface area contributed by atoms with Crippen molar-refractivity contribution in [3.8, 4) is 0 Å². The molecule has 0 aromatic heterocycles. The van der Waals surface area contributed by atoms with Crippen LogP contribution in [0.1, 0.15) is 39.0 Å². The second kappa shape index (κ2) is 8.95. The number of hydrogen-bond donors (Lipinski definition) is 1. The van der Waals surface area contributed by atoms with Crippen LogP contribution in [0.3, 0.4) is 0 Å². The fourth-order valence-electron chi connectivity index (χ4n) is 1.20.